The highest BCUT2D eigenvalue weighted by Gasteiger charge is 2.32. The third-order valence-electron chi connectivity index (χ3n) is 3.26. The number of hydrogen-bond donors (Lipinski definition) is 2. The normalized spacial score (nSPS) is 14.3. The number of aliphatic hydroxyl groups excluding tert-OH is 1. The van der Waals surface area contributed by atoms with Gasteiger partial charge in [0.2, 0.25) is 0 Å². The van der Waals surface area contributed by atoms with Crippen LogP contribution in [0.2, 0.25) is 0 Å². The molecule has 23 heavy (non-hydrogen) atoms. The van der Waals surface area contributed by atoms with Crippen LogP contribution >= 0.6 is 0 Å². The lowest BCUT2D eigenvalue weighted by atomic mass is 9.96. The molecule has 0 spiro atoms. The van der Waals surface area contributed by atoms with Crippen molar-refractivity contribution in [3.05, 3.63) is 65.5 Å². The molecular weight excluding hydrogens is 314 g/mol. The second kappa shape index (κ2) is 6.97. The Labute approximate surface area is 130 Å². The van der Waals surface area contributed by atoms with E-state index in [2.05, 4.69) is 4.74 Å². The molecule has 0 fully saturated rings. The van der Waals surface area contributed by atoms with Gasteiger partial charge < -0.3 is 15.6 Å². The van der Waals surface area contributed by atoms with Gasteiger partial charge in [-0.15, -0.1) is 13.2 Å². The first-order valence-electron chi connectivity index (χ1n) is 6.79. The molecule has 3 nitrogen and oxygen atoms in total. The van der Waals surface area contributed by atoms with Gasteiger partial charge in [0.25, 0.3) is 0 Å². The summed E-state index contributed by atoms with van der Waals surface area (Å²) in [6, 6.07) is 10.2. The molecule has 0 unspecified atom stereocenters. The van der Waals surface area contributed by atoms with E-state index in [4.69, 9.17) is 5.73 Å². The lowest BCUT2D eigenvalue weighted by Gasteiger charge is -2.21. The number of hydrogen-bond acceptors (Lipinski definition) is 3. The van der Waals surface area contributed by atoms with Crippen molar-refractivity contribution in [3.63, 3.8) is 0 Å². The Kier molecular flexibility index (Phi) is 5.23. The lowest BCUT2D eigenvalue weighted by Crippen LogP contribution is -2.29. The van der Waals surface area contributed by atoms with Gasteiger partial charge >= 0.3 is 6.36 Å². The molecule has 0 radical (unpaired) electrons. The zero-order chi connectivity index (χ0) is 17.0. The fourth-order valence-corrected chi connectivity index (χ4v) is 2.16. The molecule has 0 amide bonds. The number of nitrogens with two attached hydrogens (primary N) is 1. The molecule has 2 aromatic rings. The van der Waals surface area contributed by atoms with Gasteiger partial charge in [-0.05, 0) is 23.8 Å². The quantitative estimate of drug-likeness (QED) is 0.828. The molecule has 7 heteroatoms. The van der Waals surface area contributed by atoms with Crippen LogP contribution in [-0.4, -0.2) is 17.6 Å². The summed E-state index contributed by atoms with van der Waals surface area (Å²) in [4.78, 5) is 0. The largest absolute Gasteiger partial charge is 0.573 e. The molecule has 0 heterocycles. The highest BCUT2D eigenvalue weighted by molar-refractivity contribution is 5.33. The molecule has 0 aliphatic heterocycles. The van der Waals surface area contributed by atoms with Crippen molar-refractivity contribution < 1.29 is 27.4 Å². The van der Waals surface area contributed by atoms with Crippen molar-refractivity contribution in [1.29, 1.82) is 0 Å². The van der Waals surface area contributed by atoms with Gasteiger partial charge in [0.05, 0.1) is 12.1 Å². The molecule has 0 aromatic heterocycles. The molecule has 0 aliphatic carbocycles. The Morgan fingerprint density at radius 3 is 2.35 bits per heavy atom. The summed E-state index contributed by atoms with van der Waals surface area (Å²) in [5.41, 5.74) is 6.33. The molecule has 0 saturated heterocycles. The second-order valence-corrected chi connectivity index (χ2v) is 5.01. The van der Waals surface area contributed by atoms with E-state index >= 15 is 0 Å². The Morgan fingerprint density at radius 2 is 1.74 bits per heavy atom. The van der Waals surface area contributed by atoms with Gasteiger partial charge in [0.1, 0.15) is 11.6 Å². The van der Waals surface area contributed by atoms with Crippen molar-refractivity contribution in [2.24, 2.45) is 5.73 Å². The van der Waals surface area contributed by atoms with Crippen LogP contribution in [-0.2, 0) is 6.42 Å². The summed E-state index contributed by atoms with van der Waals surface area (Å²) in [6.45, 7) is 0. The van der Waals surface area contributed by atoms with Gasteiger partial charge in [0, 0.05) is 12.0 Å². The number of aliphatic hydroxyl groups is 1. The molecule has 3 N–H and O–H groups in total. The Morgan fingerprint density at radius 1 is 1.09 bits per heavy atom. The van der Waals surface area contributed by atoms with Crippen LogP contribution < -0.4 is 10.5 Å². The third kappa shape index (κ3) is 4.94. The van der Waals surface area contributed by atoms with Crippen LogP contribution in [0.25, 0.3) is 0 Å². The van der Waals surface area contributed by atoms with Crippen LogP contribution in [0.1, 0.15) is 17.2 Å². The van der Waals surface area contributed by atoms with E-state index in [1.807, 2.05) is 0 Å². The van der Waals surface area contributed by atoms with E-state index in [9.17, 15) is 22.7 Å². The summed E-state index contributed by atoms with van der Waals surface area (Å²) < 4.78 is 54.2. The van der Waals surface area contributed by atoms with Crippen LogP contribution in [0.15, 0.2) is 48.5 Å². The van der Waals surface area contributed by atoms with Crippen molar-refractivity contribution in [2.75, 3.05) is 0 Å². The van der Waals surface area contributed by atoms with Crippen molar-refractivity contribution in [3.8, 4) is 5.75 Å². The molecule has 0 saturated carbocycles. The molecule has 2 aromatic carbocycles. The first kappa shape index (κ1) is 17.2. The van der Waals surface area contributed by atoms with E-state index < -0.39 is 30.1 Å². The summed E-state index contributed by atoms with van der Waals surface area (Å²) >= 11 is 0. The van der Waals surface area contributed by atoms with Gasteiger partial charge in [-0.3, -0.25) is 0 Å². The lowest BCUT2D eigenvalue weighted by molar-refractivity contribution is -0.274. The van der Waals surface area contributed by atoms with E-state index in [1.165, 1.54) is 0 Å². The molecular formula is C16H15F4NO2. The van der Waals surface area contributed by atoms with Gasteiger partial charge in [-0.2, -0.15) is 0 Å². The van der Waals surface area contributed by atoms with E-state index in [0.29, 0.717) is 0 Å². The van der Waals surface area contributed by atoms with E-state index in [-0.39, 0.29) is 12.0 Å². The topological polar surface area (TPSA) is 55.5 Å². The first-order valence-corrected chi connectivity index (χ1v) is 6.79. The maximum absolute atomic E-state index is 13.8. The third-order valence-corrected chi connectivity index (χ3v) is 3.26. The number of rotatable bonds is 5. The molecule has 124 valence electrons. The molecule has 0 aliphatic rings. The summed E-state index contributed by atoms with van der Waals surface area (Å²) in [5.74, 6) is -1.39. The van der Waals surface area contributed by atoms with Crippen LogP contribution in [0.3, 0.4) is 0 Å². The Bertz CT molecular complexity index is 646. The first-order chi connectivity index (χ1) is 10.8. The number of alkyl halides is 3. The van der Waals surface area contributed by atoms with Gasteiger partial charge in [-0.1, -0.05) is 30.3 Å². The second-order valence-electron chi connectivity index (χ2n) is 5.01. The number of benzene rings is 2. The smallest absolute Gasteiger partial charge is 0.406 e. The highest BCUT2D eigenvalue weighted by Crippen LogP contribution is 2.28. The maximum atomic E-state index is 13.8. The molecule has 2 rings (SSSR count). The zero-order valence-electron chi connectivity index (χ0n) is 11.9. The van der Waals surface area contributed by atoms with Gasteiger partial charge in [-0.25, -0.2) is 4.39 Å². The predicted molar refractivity (Wildman–Crippen MR) is 76.2 cm³/mol. The average molecular weight is 329 g/mol. The fourth-order valence-electron chi connectivity index (χ4n) is 2.16. The van der Waals surface area contributed by atoms with E-state index in [1.54, 1.807) is 30.3 Å². The monoisotopic (exact) mass is 329 g/mol. The molecule has 2 atom stereocenters. The Balaban J connectivity index is 2.17. The highest BCUT2D eigenvalue weighted by atomic mass is 19.4. The standard InChI is InChI=1S/C16H15F4NO2/c17-13-7-6-11(23-16(18,19)20)9-12(13)15(21)14(22)8-10-4-2-1-3-5-10/h1-7,9,14-15,22H,8,21H2/t14-,15+/m0/s1. The minimum atomic E-state index is -4.89. The number of ether oxygens (including phenoxy) is 1. The summed E-state index contributed by atoms with van der Waals surface area (Å²) in [5, 5.41) is 10.1. The van der Waals surface area contributed by atoms with E-state index in [0.717, 1.165) is 23.8 Å². The summed E-state index contributed by atoms with van der Waals surface area (Å²) in [6.07, 6.45) is -5.90. The van der Waals surface area contributed by atoms with Crippen molar-refractivity contribution in [2.45, 2.75) is 24.9 Å². The SMILES string of the molecule is N[C@H](c1cc(OC(F)(F)F)ccc1F)[C@@H](O)Cc1ccccc1. The average Bonchev–Trinajstić information content (AvgIpc) is 2.48. The predicted octanol–water partition coefficient (Wildman–Crippen LogP) is 3.33. The Hall–Kier alpha value is -2.12. The van der Waals surface area contributed by atoms with Crippen LogP contribution in [0.5, 0.6) is 5.75 Å². The van der Waals surface area contributed by atoms with Crippen molar-refractivity contribution in [1.82, 2.24) is 0 Å². The zero-order valence-corrected chi connectivity index (χ0v) is 11.9. The minimum absolute atomic E-state index is 0.145. The maximum Gasteiger partial charge on any atom is 0.573 e. The summed E-state index contributed by atoms with van der Waals surface area (Å²) in [7, 11) is 0. The van der Waals surface area contributed by atoms with Crippen molar-refractivity contribution >= 4 is 0 Å². The minimum Gasteiger partial charge on any atom is -0.406 e. The van der Waals surface area contributed by atoms with Crippen LogP contribution in [0, 0.1) is 5.82 Å². The molecule has 0 bridgehead atoms. The van der Waals surface area contributed by atoms with Crippen LogP contribution in [0.4, 0.5) is 17.6 Å². The van der Waals surface area contributed by atoms with Gasteiger partial charge in [0.15, 0.2) is 0 Å². The fraction of sp³-hybridized carbons (Fsp3) is 0.250. The number of halogens is 4.